The second-order valence-corrected chi connectivity index (χ2v) is 9.13. The number of likely N-dealkylation sites (tertiary alicyclic amines) is 1. The smallest absolute Gasteiger partial charge is 0.412 e. The molecule has 2 atom stereocenters. The van der Waals surface area contributed by atoms with E-state index >= 15 is 0 Å². The molecule has 1 amide bonds. The largest absolute Gasteiger partial charge is 0.444 e. The summed E-state index contributed by atoms with van der Waals surface area (Å²) < 4.78 is 5.56. The molecule has 0 bridgehead atoms. The quantitative estimate of drug-likeness (QED) is 0.780. The molecule has 1 fully saturated rings. The van der Waals surface area contributed by atoms with Crippen LogP contribution in [0, 0.1) is 0 Å². The van der Waals surface area contributed by atoms with E-state index in [1.165, 1.54) is 10.5 Å². The third-order valence-corrected chi connectivity index (χ3v) is 5.53. The second-order valence-electron chi connectivity index (χ2n) is 9.13. The SMILES string of the molecule is CC(C)(C)OC(=O)N1C(O)CC[C@H]1C(C)(C)c1ccc(-c2ccccc2)cc1. The Labute approximate surface area is 168 Å². The van der Waals surface area contributed by atoms with Crippen molar-refractivity contribution >= 4 is 6.09 Å². The summed E-state index contributed by atoms with van der Waals surface area (Å²) in [4.78, 5) is 14.3. The highest BCUT2D eigenvalue weighted by atomic mass is 16.6. The number of hydrogen-bond acceptors (Lipinski definition) is 3. The fourth-order valence-electron chi connectivity index (χ4n) is 3.98. The zero-order chi connectivity index (χ0) is 20.5. The van der Waals surface area contributed by atoms with Gasteiger partial charge in [0.2, 0.25) is 0 Å². The van der Waals surface area contributed by atoms with Gasteiger partial charge in [0.1, 0.15) is 11.8 Å². The highest BCUT2D eigenvalue weighted by Gasteiger charge is 2.46. The van der Waals surface area contributed by atoms with E-state index in [2.05, 4.69) is 50.2 Å². The standard InChI is InChI=1S/C24H31NO3/c1-23(2,3)28-22(27)25-20(15-16-21(25)26)24(4,5)19-13-11-18(12-14-19)17-9-7-6-8-10-17/h6-14,20-21,26H,15-16H2,1-5H3/t20-,21?/m0/s1. The molecule has 3 rings (SSSR count). The molecular weight excluding hydrogens is 350 g/mol. The number of hydrogen-bond donors (Lipinski definition) is 1. The molecule has 0 aromatic heterocycles. The van der Waals surface area contributed by atoms with Crippen molar-refractivity contribution in [3.05, 3.63) is 60.2 Å². The summed E-state index contributed by atoms with van der Waals surface area (Å²) in [6.07, 6.45) is 0.0581. The maximum Gasteiger partial charge on any atom is 0.412 e. The van der Waals surface area contributed by atoms with Gasteiger partial charge in [0.15, 0.2) is 0 Å². The maximum atomic E-state index is 12.7. The van der Waals surface area contributed by atoms with Crippen LogP contribution >= 0.6 is 0 Å². The van der Waals surface area contributed by atoms with Crippen LogP contribution in [0.2, 0.25) is 0 Å². The topological polar surface area (TPSA) is 49.8 Å². The van der Waals surface area contributed by atoms with Crippen LogP contribution in [-0.4, -0.2) is 34.0 Å². The molecular formula is C24H31NO3. The summed E-state index contributed by atoms with van der Waals surface area (Å²) in [6, 6.07) is 18.6. The summed E-state index contributed by atoms with van der Waals surface area (Å²) in [5.41, 5.74) is 2.57. The van der Waals surface area contributed by atoms with Crippen LogP contribution in [0.25, 0.3) is 11.1 Å². The van der Waals surface area contributed by atoms with Gasteiger partial charge in [0.05, 0.1) is 0 Å². The minimum Gasteiger partial charge on any atom is -0.444 e. The molecule has 0 radical (unpaired) electrons. The highest BCUT2D eigenvalue weighted by molar-refractivity contribution is 5.70. The number of aliphatic hydroxyl groups is 1. The first-order chi connectivity index (χ1) is 13.1. The van der Waals surface area contributed by atoms with Gasteiger partial charge in [-0.05, 0) is 50.3 Å². The van der Waals surface area contributed by atoms with Gasteiger partial charge in [-0.2, -0.15) is 0 Å². The van der Waals surface area contributed by atoms with Crippen LogP contribution in [0.1, 0.15) is 53.0 Å². The average molecular weight is 382 g/mol. The van der Waals surface area contributed by atoms with Gasteiger partial charge in [0.25, 0.3) is 0 Å². The van der Waals surface area contributed by atoms with Crippen molar-refractivity contribution in [3.8, 4) is 11.1 Å². The number of aliphatic hydroxyl groups excluding tert-OH is 1. The molecule has 0 saturated carbocycles. The van der Waals surface area contributed by atoms with Crippen molar-refractivity contribution < 1.29 is 14.6 Å². The Kier molecular flexibility index (Phi) is 5.53. The van der Waals surface area contributed by atoms with E-state index in [0.717, 1.165) is 17.5 Å². The van der Waals surface area contributed by atoms with Crippen molar-refractivity contribution in [2.24, 2.45) is 0 Å². The van der Waals surface area contributed by atoms with E-state index in [4.69, 9.17) is 4.74 Å². The molecule has 4 nitrogen and oxygen atoms in total. The van der Waals surface area contributed by atoms with E-state index in [-0.39, 0.29) is 11.5 Å². The average Bonchev–Trinajstić information content (AvgIpc) is 3.04. The van der Waals surface area contributed by atoms with Gasteiger partial charge in [-0.25, -0.2) is 4.79 Å². The molecule has 150 valence electrons. The van der Waals surface area contributed by atoms with Crippen molar-refractivity contribution in [1.82, 2.24) is 4.90 Å². The van der Waals surface area contributed by atoms with Crippen molar-refractivity contribution in [2.45, 2.75) is 70.7 Å². The van der Waals surface area contributed by atoms with Crippen LogP contribution in [0.5, 0.6) is 0 Å². The summed E-state index contributed by atoms with van der Waals surface area (Å²) in [7, 11) is 0. The predicted molar refractivity (Wildman–Crippen MR) is 112 cm³/mol. The fraction of sp³-hybridized carbons (Fsp3) is 0.458. The summed E-state index contributed by atoms with van der Waals surface area (Å²) in [5.74, 6) is 0. The number of carbonyl (C=O) groups is 1. The lowest BCUT2D eigenvalue weighted by Crippen LogP contribution is -2.51. The minimum atomic E-state index is -0.803. The molecule has 1 aliphatic rings. The number of nitrogens with zero attached hydrogens (tertiary/aromatic N) is 1. The molecule has 2 aromatic rings. The number of benzene rings is 2. The Hall–Kier alpha value is -2.33. The van der Waals surface area contributed by atoms with Gasteiger partial charge in [-0.1, -0.05) is 68.4 Å². The first kappa shape index (κ1) is 20.4. The maximum absolute atomic E-state index is 12.7. The molecule has 28 heavy (non-hydrogen) atoms. The third kappa shape index (κ3) is 4.22. The molecule has 2 aromatic carbocycles. The van der Waals surface area contributed by atoms with E-state index in [1.807, 2.05) is 39.0 Å². The van der Waals surface area contributed by atoms with Crippen molar-refractivity contribution in [2.75, 3.05) is 0 Å². The van der Waals surface area contributed by atoms with Crippen molar-refractivity contribution in [1.29, 1.82) is 0 Å². The molecule has 1 saturated heterocycles. The fourth-order valence-corrected chi connectivity index (χ4v) is 3.98. The van der Waals surface area contributed by atoms with Crippen molar-refractivity contribution in [3.63, 3.8) is 0 Å². The molecule has 1 aliphatic heterocycles. The molecule has 0 spiro atoms. The van der Waals surface area contributed by atoms with Crippen LogP contribution in [0.15, 0.2) is 54.6 Å². The molecule has 1 N–H and O–H groups in total. The molecule has 4 heteroatoms. The number of ether oxygens (including phenoxy) is 1. The molecule has 1 heterocycles. The van der Waals surface area contributed by atoms with E-state index in [1.54, 1.807) is 0 Å². The third-order valence-electron chi connectivity index (χ3n) is 5.53. The van der Waals surface area contributed by atoms with Gasteiger partial charge in [-0.15, -0.1) is 0 Å². The lowest BCUT2D eigenvalue weighted by Gasteiger charge is -2.39. The Morgan fingerprint density at radius 3 is 2.07 bits per heavy atom. The van der Waals surface area contributed by atoms with Gasteiger partial charge in [-0.3, -0.25) is 4.90 Å². The minimum absolute atomic E-state index is 0.125. The summed E-state index contributed by atoms with van der Waals surface area (Å²) >= 11 is 0. The van der Waals surface area contributed by atoms with Crippen LogP contribution < -0.4 is 0 Å². The van der Waals surface area contributed by atoms with E-state index in [0.29, 0.717) is 6.42 Å². The van der Waals surface area contributed by atoms with E-state index in [9.17, 15) is 9.90 Å². The predicted octanol–water partition coefficient (Wildman–Crippen LogP) is 5.35. The summed E-state index contributed by atoms with van der Waals surface area (Å²) in [5, 5.41) is 10.5. The lowest BCUT2D eigenvalue weighted by atomic mass is 9.76. The van der Waals surface area contributed by atoms with Gasteiger partial charge < -0.3 is 9.84 Å². The zero-order valence-electron chi connectivity index (χ0n) is 17.5. The van der Waals surface area contributed by atoms with Gasteiger partial charge in [0, 0.05) is 11.5 Å². The van der Waals surface area contributed by atoms with E-state index < -0.39 is 17.9 Å². The highest BCUT2D eigenvalue weighted by Crippen LogP contribution is 2.39. The van der Waals surface area contributed by atoms with Crippen LogP contribution in [-0.2, 0) is 10.2 Å². The second kappa shape index (κ2) is 7.59. The van der Waals surface area contributed by atoms with Crippen LogP contribution in [0.4, 0.5) is 4.79 Å². The zero-order valence-corrected chi connectivity index (χ0v) is 17.5. The summed E-state index contributed by atoms with van der Waals surface area (Å²) in [6.45, 7) is 9.79. The van der Waals surface area contributed by atoms with Gasteiger partial charge >= 0.3 is 6.09 Å². The Balaban J connectivity index is 1.85. The Morgan fingerprint density at radius 2 is 1.50 bits per heavy atom. The Morgan fingerprint density at radius 1 is 0.929 bits per heavy atom. The lowest BCUT2D eigenvalue weighted by molar-refractivity contribution is -0.0323. The number of carbonyl (C=O) groups excluding carboxylic acids is 1. The molecule has 1 unspecified atom stereocenters. The monoisotopic (exact) mass is 381 g/mol. The Bertz CT molecular complexity index is 806. The number of rotatable bonds is 3. The first-order valence-corrected chi connectivity index (χ1v) is 9.95. The van der Waals surface area contributed by atoms with Crippen LogP contribution in [0.3, 0.4) is 0 Å². The molecule has 0 aliphatic carbocycles. The normalized spacial score (nSPS) is 20.3. The first-order valence-electron chi connectivity index (χ1n) is 9.95. The number of amides is 1.